The van der Waals surface area contributed by atoms with Crippen LogP contribution in [-0.4, -0.2) is 46.2 Å². The van der Waals surface area contributed by atoms with Gasteiger partial charge in [0, 0.05) is 28.8 Å². The molecule has 10 nitrogen and oxygen atoms in total. The average molecular weight is 509 g/mol. The Bertz CT molecular complexity index is 1480. The molecule has 3 amide bonds. The first-order valence-electron chi connectivity index (χ1n) is 11.8. The number of methoxy groups -OCH3 is 1. The summed E-state index contributed by atoms with van der Waals surface area (Å²) < 4.78 is 5.19. The normalized spacial score (nSPS) is 12.2. The highest BCUT2D eigenvalue weighted by molar-refractivity contribution is 6.22. The first-order chi connectivity index (χ1) is 18.4. The topological polar surface area (TPSA) is 126 Å². The number of carbonyl (C=O) groups excluding carboxylic acids is 3. The van der Waals surface area contributed by atoms with E-state index in [1.165, 1.54) is 0 Å². The second kappa shape index (κ2) is 10.4. The highest BCUT2D eigenvalue weighted by Crippen LogP contribution is 2.24. The van der Waals surface area contributed by atoms with E-state index >= 15 is 0 Å². The molecule has 0 unspecified atom stereocenters. The Morgan fingerprint density at radius 1 is 0.816 bits per heavy atom. The quantitative estimate of drug-likeness (QED) is 0.297. The van der Waals surface area contributed by atoms with Crippen molar-refractivity contribution in [3.8, 4) is 5.75 Å². The molecule has 3 N–H and O–H groups in total. The molecule has 0 atom stereocenters. The molecule has 10 heteroatoms. The van der Waals surface area contributed by atoms with Crippen LogP contribution < -0.4 is 20.7 Å². The lowest BCUT2D eigenvalue weighted by molar-refractivity contribution is -0.116. The highest BCUT2D eigenvalue weighted by atomic mass is 16.5. The Labute approximate surface area is 218 Å². The fourth-order valence-electron chi connectivity index (χ4n) is 4.00. The molecule has 3 aromatic carbocycles. The Kier molecular flexibility index (Phi) is 6.68. The number of ether oxygens (including phenoxy) is 1. The van der Waals surface area contributed by atoms with Crippen molar-refractivity contribution in [3.63, 3.8) is 0 Å². The van der Waals surface area contributed by atoms with E-state index in [2.05, 4.69) is 25.9 Å². The SMILES string of the molecule is COc1ccc(Nc2cc(C)nc(Nc3ccc(NC(=O)CN4C(=O)c5ccccc5C4=O)cc3)n2)cc1. The van der Waals surface area contributed by atoms with Crippen LogP contribution in [0.1, 0.15) is 26.4 Å². The summed E-state index contributed by atoms with van der Waals surface area (Å²) in [6.07, 6.45) is 0. The predicted molar refractivity (Wildman–Crippen MR) is 143 cm³/mol. The van der Waals surface area contributed by atoms with Gasteiger partial charge in [-0.2, -0.15) is 4.98 Å². The van der Waals surface area contributed by atoms with E-state index in [1.54, 1.807) is 55.6 Å². The van der Waals surface area contributed by atoms with Crippen molar-refractivity contribution in [2.45, 2.75) is 6.92 Å². The molecule has 0 spiro atoms. The number of nitrogens with zero attached hydrogens (tertiary/aromatic N) is 3. The van der Waals surface area contributed by atoms with Gasteiger partial charge in [0.2, 0.25) is 11.9 Å². The number of hydrogen-bond donors (Lipinski definition) is 3. The molecule has 0 saturated heterocycles. The number of imide groups is 1. The molecular formula is C28H24N6O4. The molecule has 1 aromatic heterocycles. The van der Waals surface area contributed by atoms with Crippen molar-refractivity contribution in [1.82, 2.24) is 14.9 Å². The predicted octanol–water partition coefficient (Wildman–Crippen LogP) is 4.52. The van der Waals surface area contributed by atoms with Crippen molar-refractivity contribution in [1.29, 1.82) is 0 Å². The zero-order valence-corrected chi connectivity index (χ0v) is 20.7. The third-order valence-electron chi connectivity index (χ3n) is 5.82. The minimum Gasteiger partial charge on any atom is -0.497 e. The molecule has 1 aliphatic rings. The fraction of sp³-hybridized carbons (Fsp3) is 0.107. The zero-order valence-electron chi connectivity index (χ0n) is 20.7. The Hall–Kier alpha value is -5.25. The first-order valence-corrected chi connectivity index (χ1v) is 11.8. The number of nitrogens with one attached hydrogen (secondary N) is 3. The third-order valence-corrected chi connectivity index (χ3v) is 5.82. The van der Waals surface area contributed by atoms with Crippen LogP contribution in [0.15, 0.2) is 78.9 Å². The standard InChI is InChI=1S/C28H24N6O4/c1-17-15-24(30-18-11-13-21(38-2)14-12-18)33-28(29-17)32-20-9-7-19(8-10-20)31-25(35)16-34-26(36)22-5-3-4-6-23(22)27(34)37/h3-15H,16H2,1-2H3,(H,31,35)(H2,29,30,32,33). The van der Waals surface area contributed by atoms with Crippen molar-refractivity contribution < 1.29 is 19.1 Å². The number of anilines is 5. The molecule has 4 aromatic rings. The second-order valence-corrected chi connectivity index (χ2v) is 8.56. The number of aromatic nitrogens is 2. The first kappa shape index (κ1) is 24.4. The van der Waals surface area contributed by atoms with E-state index in [4.69, 9.17) is 4.74 Å². The van der Waals surface area contributed by atoms with E-state index < -0.39 is 17.7 Å². The van der Waals surface area contributed by atoms with Gasteiger partial charge in [0.25, 0.3) is 11.8 Å². The van der Waals surface area contributed by atoms with Crippen LogP contribution in [0.2, 0.25) is 0 Å². The van der Waals surface area contributed by atoms with Crippen LogP contribution in [0, 0.1) is 6.92 Å². The van der Waals surface area contributed by atoms with Crippen LogP contribution in [-0.2, 0) is 4.79 Å². The van der Waals surface area contributed by atoms with Crippen molar-refractivity contribution in [2.24, 2.45) is 0 Å². The van der Waals surface area contributed by atoms with E-state index in [0.29, 0.717) is 34.3 Å². The molecule has 0 bridgehead atoms. The number of benzene rings is 3. The van der Waals surface area contributed by atoms with Gasteiger partial charge in [-0.1, -0.05) is 12.1 Å². The summed E-state index contributed by atoms with van der Waals surface area (Å²) in [6, 6.07) is 22.8. The minimum atomic E-state index is -0.475. The molecule has 0 saturated carbocycles. The summed E-state index contributed by atoms with van der Waals surface area (Å²) >= 11 is 0. The molecule has 2 heterocycles. The molecule has 1 aliphatic heterocycles. The van der Waals surface area contributed by atoms with E-state index in [-0.39, 0.29) is 6.54 Å². The van der Waals surface area contributed by atoms with Gasteiger partial charge in [0.15, 0.2) is 0 Å². The van der Waals surface area contributed by atoms with Crippen LogP contribution >= 0.6 is 0 Å². The van der Waals surface area contributed by atoms with Crippen LogP contribution in [0.4, 0.5) is 28.8 Å². The van der Waals surface area contributed by atoms with Gasteiger partial charge in [-0.3, -0.25) is 19.3 Å². The third kappa shape index (κ3) is 5.29. The second-order valence-electron chi connectivity index (χ2n) is 8.56. The lowest BCUT2D eigenvalue weighted by atomic mass is 10.1. The molecule has 0 fully saturated rings. The monoisotopic (exact) mass is 508 g/mol. The molecule has 38 heavy (non-hydrogen) atoms. The molecule has 0 aliphatic carbocycles. The summed E-state index contributed by atoms with van der Waals surface area (Å²) in [5.74, 6) is 0.376. The molecule has 0 radical (unpaired) electrons. The van der Waals surface area contributed by atoms with Gasteiger partial charge in [0.1, 0.15) is 18.1 Å². The molecule has 190 valence electrons. The summed E-state index contributed by atoms with van der Waals surface area (Å²) in [7, 11) is 1.62. The Morgan fingerprint density at radius 2 is 1.39 bits per heavy atom. The van der Waals surface area contributed by atoms with Gasteiger partial charge in [0.05, 0.1) is 18.2 Å². The van der Waals surface area contributed by atoms with E-state index in [0.717, 1.165) is 22.0 Å². The number of hydrogen-bond acceptors (Lipinski definition) is 8. The Morgan fingerprint density at radius 3 is 2.03 bits per heavy atom. The van der Waals surface area contributed by atoms with E-state index in [9.17, 15) is 14.4 Å². The van der Waals surface area contributed by atoms with Gasteiger partial charge >= 0.3 is 0 Å². The summed E-state index contributed by atoms with van der Waals surface area (Å²) in [6.45, 7) is 1.51. The summed E-state index contributed by atoms with van der Waals surface area (Å²) in [4.78, 5) is 47.4. The maximum Gasteiger partial charge on any atom is 0.262 e. The maximum atomic E-state index is 12.5. The lowest BCUT2D eigenvalue weighted by Gasteiger charge is -2.14. The summed E-state index contributed by atoms with van der Waals surface area (Å²) in [5.41, 5.74) is 3.48. The van der Waals surface area contributed by atoms with Crippen LogP contribution in [0.25, 0.3) is 0 Å². The molecule has 5 rings (SSSR count). The fourth-order valence-corrected chi connectivity index (χ4v) is 4.00. The largest absolute Gasteiger partial charge is 0.497 e. The lowest BCUT2D eigenvalue weighted by Crippen LogP contribution is -2.37. The summed E-state index contributed by atoms with van der Waals surface area (Å²) in [5, 5.41) is 9.12. The van der Waals surface area contributed by atoms with Gasteiger partial charge < -0.3 is 20.7 Å². The minimum absolute atomic E-state index is 0.307. The van der Waals surface area contributed by atoms with Gasteiger partial charge in [-0.15, -0.1) is 0 Å². The van der Waals surface area contributed by atoms with Crippen molar-refractivity contribution >= 4 is 46.5 Å². The van der Waals surface area contributed by atoms with Gasteiger partial charge in [-0.25, -0.2) is 4.98 Å². The van der Waals surface area contributed by atoms with Gasteiger partial charge in [-0.05, 0) is 67.6 Å². The smallest absolute Gasteiger partial charge is 0.262 e. The number of carbonyl (C=O) groups is 3. The zero-order chi connectivity index (χ0) is 26.6. The van der Waals surface area contributed by atoms with Crippen molar-refractivity contribution in [2.75, 3.05) is 29.6 Å². The van der Waals surface area contributed by atoms with Crippen LogP contribution in [0.5, 0.6) is 5.75 Å². The number of rotatable bonds is 8. The highest BCUT2D eigenvalue weighted by Gasteiger charge is 2.36. The molecular weight excluding hydrogens is 484 g/mol. The number of fused-ring (bicyclic) bond motifs is 1. The van der Waals surface area contributed by atoms with Crippen molar-refractivity contribution in [3.05, 3.63) is 95.7 Å². The number of aryl methyl sites for hydroxylation is 1. The Balaban J connectivity index is 1.20. The van der Waals surface area contributed by atoms with E-state index in [1.807, 2.05) is 37.3 Å². The number of amides is 3. The van der Waals surface area contributed by atoms with Crippen LogP contribution in [0.3, 0.4) is 0 Å². The maximum absolute atomic E-state index is 12.5. The average Bonchev–Trinajstić information content (AvgIpc) is 3.15.